The van der Waals surface area contributed by atoms with Crippen molar-refractivity contribution < 1.29 is 22.9 Å². The van der Waals surface area contributed by atoms with Gasteiger partial charge in [0.1, 0.15) is 22.1 Å². The van der Waals surface area contributed by atoms with Crippen molar-refractivity contribution in [3.8, 4) is 28.4 Å². The molecule has 0 radical (unpaired) electrons. The number of aromatic nitrogens is 3. The lowest BCUT2D eigenvalue weighted by molar-refractivity contribution is 0.375. The van der Waals surface area contributed by atoms with E-state index in [1.54, 1.807) is 19.2 Å². The summed E-state index contributed by atoms with van der Waals surface area (Å²) in [5.74, 6) is 2.93. The van der Waals surface area contributed by atoms with Crippen LogP contribution in [0.5, 0.6) is 17.2 Å². The van der Waals surface area contributed by atoms with Crippen LogP contribution in [0, 0.1) is 0 Å². The zero-order chi connectivity index (χ0) is 26.9. The quantitative estimate of drug-likeness (QED) is 0.195. The van der Waals surface area contributed by atoms with Gasteiger partial charge in [0.05, 0.1) is 32.4 Å². The Hall–Kier alpha value is -4.51. The number of nitrogens with zero attached hydrogens (tertiary/aromatic N) is 2. The topological polar surface area (TPSA) is 124 Å². The number of benzene rings is 3. The molecule has 0 amide bonds. The minimum absolute atomic E-state index is 0.292. The van der Waals surface area contributed by atoms with E-state index in [0.29, 0.717) is 56.4 Å². The molecule has 39 heavy (non-hydrogen) atoms. The van der Waals surface area contributed by atoms with Crippen molar-refractivity contribution in [1.82, 2.24) is 15.4 Å². The van der Waals surface area contributed by atoms with Crippen LogP contribution in [0.15, 0.2) is 70.1 Å². The molecule has 0 spiro atoms. The third kappa shape index (κ3) is 4.88. The second-order valence-corrected chi connectivity index (χ2v) is 10.3. The fourth-order valence-corrected chi connectivity index (χ4v) is 5.52. The Labute approximate surface area is 227 Å². The van der Waals surface area contributed by atoms with E-state index in [1.165, 1.54) is 27.1 Å². The number of rotatable bonds is 10. The largest absolute Gasteiger partial charge is 0.495 e. The summed E-state index contributed by atoms with van der Waals surface area (Å²) in [5, 5.41) is 15.4. The Balaban J connectivity index is 1.30. The molecule has 1 atom stereocenters. The number of H-pyrrole nitrogens is 1. The summed E-state index contributed by atoms with van der Waals surface area (Å²) in [6.07, 6.45) is 2.36. The zero-order valence-corrected chi connectivity index (χ0v) is 22.4. The Bertz CT molecular complexity index is 1640. The van der Waals surface area contributed by atoms with Gasteiger partial charge in [0.15, 0.2) is 28.2 Å². The van der Waals surface area contributed by atoms with E-state index in [4.69, 9.17) is 18.7 Å². The van der Waals surface area contributed by atoms with Crippen LogP contribution in [0.4, 0.5) is 17.3 Å². The van der Waals surface area contributed by atoms with Crippen molar-refractivity contribution in [2.45, 2.75) is 23.7 Å². The average molecular weight is 546 g/mol. The smallest absolute Gasteiger partial charge is 0.189 e. The second kappa shape index (κ2) is 10.3. The molecule has 1 fully saturated rings. The first-order valence-corrected chi connectivity index (χ1v) is 13.5. The molecule has 1 unspecified atom stereocenters. The Morgan fingerprint density at radius 2 is 1.64 bits per heavy atom. The number of methoxy groups -OCH3 is 3. The van der Waals surface area contributed by atoms with E-state index in [0.717, 1.165) is 16.8 Å². The lowest BCUT2D eigenvalue weighted by atomic mass is 10.1. The van der Waals surface area contributed by atoms with Crippen molar-refractivity contribution in [3.05, 3.63) is 66.4 Å². The number of fused-ring (bicyclic) bond motifs is 1. The van der Waals surface area contributed by atoms with Crippen LogP contribution in [0.3, 0.4) is 0 Å². The SMILES string of the molecule is COc1cc2c(NS(=O)c3c(OC)cc(-c4ccccc4)cc3OC)noc2cc1Nc1cc(C2CC2)[nH]n1. The molecule has 1 saturated carbocycles. The molecule has 0 saturated heterocycles. The number of aromatic amines is 1. The summed E-state index contributed by atoms with van der Waals surface area (Å²) in [5.41, 5.74) is 4.13. The maximum absolute atomic E-state index is 13.6. The third-order valence-electron chi connectivity index (χ3n) is 6.61. The molecule has 0 bridgehead atoms. The van der Waals surface area contributed by atoms with Crippen molar-refractivity contribution in [2.24, 2.45) is 0 Å². The van der Waals surface area contributed by atoms with E-state index in [2.05, 4.69) is 25.4 Å². The first-order valence-electron chi connectivity index (χ1n) is 12.4. The molecule has 6 rings (SSSR count). The fraction of sp³-hybridized carbons (Fsp3) is 0.214. The van der Waals surface area contributed by atoms with Crippen molar-refractivity contribution in [1.29, 1.82) is 0 Å². The van der Waals surface area contributed by atoms with Gasteiger partial charge >= 0.3 is 0 Å². The lowest BCUT2D eigenvalue weighted by Gasteiger charge is -2.15. The number of ether oxygens (including phenoxy) is 3. The molecular weight excluding hydrogens is 518 g/mol. The summed E-state index contributed by atoms with van der Waals surface area (Å²) in [6, 6.07) is 19.0. The minimum atomic E-state index is -1.79. The van der Waals surface area contributed by atoms with Crippen LogP contribution >= 0.6 is 0 Å². The van der Waals surface area contributed by atoms with E-state index in [-0.39, 0.29) is 0 Å². The summed E-state index contributed by atoms with van der Waals surface area (Å²) in [6.45, 7) is 0. The fourth-order valence-electron chi connectivity index (χ4n) is 4.45. The molecule has 200 valence electrons. The lowest BCUT2D eigenvalue weighted by Crippen LogP contribution is -2.09. The first-order chi connectivity index (χ1) is 19.1. The predicted octanol–water partition coefficient (Wildman–Crippen LogP) is 6.00. The highest BCUT2D eigenvalue weighted by molar-refractivity contribution is 7.86. The maximum Gasteiger partial charge on any atom is 0.189 e. The number of anilines is 3. The Morgan fingerprint density at radius 1 is 0.923 bits per heavy atom. The summed E-state index contributed by atoms with van der Waals surface area (Å²) >= 11 is 0. The van der Waals surface area contributed by atoms with Gasteiger partial charge in [0, 0.05) is 23.7 Å². The standard InChI is InChI=1S/C28H27N5O5S/c1-35-23-13-19-22(14-21(23)29-26-15-20(30-31-26)17-9-10-17)38-32-28(19)33-39(34)27-24(36-2)11-18(12-25(27)37-3)16-7-5-4-6-8-16/h4-8,11-15,17H,9-10H2,1-3H3,(H,32,33)(H2,29,30,31). The molecular formula is C28H27N5O5S. The maximum atomic E-state index is 13.6. The number of hydrogen-bond donors (Lipinski definition) is 3. The molecule has 0 aliphatic heterocycles. The van der Waals surface area contributed by atoms with Crippen LogP contribution in [0.1, 0.15) is 24.5 Å². The molecule has 3 aromatic carbocycles. The van der Waals surface area contributed by atoms with Crippen LogP contribution in [-0.4, -0.2) is 40.9 Å². The third-order valence-corrected chi connectivity index (χ3v) is 7.76. The molecule has 2 heterocycles. The number of hydrogen-bond acceptors (Lipinski definition) is 8. The first kappa shape index (κ1) is 24.8. The van der Waals surface area contributed by atoms with Gasteiger partial charge in [-0.3, -0.25) is 9.82 Å². The highest BCUT2D eigenvalue weighted by Crippen LogP contribution is 2.41. The van der Waals surface area contributed by atoms with E-state index < -0.39 is 11.0 Å². The molecule has 1 aliphatic rings. The Morgan fingerprint density at radius 3 is 2.31 bits per heavy atom. The van der Waals surface area contributed by atoms with Gasteiger partial charge in [0.2, 0.25) is 0 Å². The van der Waals surface area contributed by atoms with Crippen LogP contribution in [0.25, 0.3) is 22.1 Å². The Kier molecular flexibility index (Phi) is 6.57. The van der Waals surface area contributed by atoms with Crippen LogP contribution < -0.4 is 24.2 Å². The highest BCUT2D eigenvalue weighted by Gasteiger charge is 2.26. The van der Waals surface area contributed by atoms with Gasteiger partial charge < -0.3 is 24.1 Å². The van der Waals surface area contributed by atoms with Crippen molar-refractivity contribution in [2.75, 3.05) is 31.4 Å². The van der Waals surface area contributed by atoms with E-state index in [9.17, 15) is 4.21 Å². The van der Waals surface area contributed by atoms with Gasteiger partial charge in [-0.25, -0.2) is 4.21 Å². The summed E-state index contributed by atoms with van der Waals surface area (Å²) in [7, 11) is 2.85. The van der Waals surface area contributed by atoms with Crippen molar-refractivity contribution >= 4 is 39.3 Å². The molecule has 1 aliphatic carbocycles. The van der Waals surface area contributed by atoms with Gasteiger partial charge in [-0.2, -0.15) is 5.10 Å². The number of nitrogens with one attached hydrogen (secondary N) is 3. The monoisotopic (exact) mass is 545 g/mol. The molecule has 2 aromatic heterocycles. The van der Waals surface area contributed by atoms with E-state index >= 15 is 0 Å². The van der Waals surface area contributed by atoms with Gasteiger partial charge in [-0.1, -0.05) is 35.5 Å². The highest BCUT2D eigenvalue weighted by atomic mass is 32.2. The predicted molar refractivity (Wildman–Crippen MR) is 149 cm³/mol. The molecule has 5 aromatic rings. The van der Waals surface area contributed by atoms with Crippen LogP contribution in [0.2, 0.25) is 0 Å². The van der Waals surface area contributed by atoms with Gasteiger partial charge in [-0.05, 0) is 42.2 Å². The zero-order valence-electron chi connectivity index (χ0n) is 21.6. The summed E-state index contributed by atoms with van der Waals surface area (Å²) < 4.78 is 39.0. The second-order valence-electron chi connectivity index (χ2n) is 9.13. The normalized spacial score (nSPS) is 13.7. The molecule has 11 heteroatoms. The summed E-state index contributed by atoms with van der Waals surface area (Å²) in [4.78, 5) is 0.353. The minimum Gasteiger partial charge on any atom is -0.495 e. The van der Waals surface area contributed by atoms with Gasteiger partial charge in [0.25, 0.3) is 0 Å². The van der Waals surface area contributed by atoms with Crippen molar-refractivity contribution in [3.63, 3.8) is 0 Å². The average Bonchev–Trinajstić information content (AvgIpc) is 3.61. The molecule has 3 N–H and O–H groups in total. The van der Waals surface area contributed by atoms with Crippen LogP contribution in [-0.2, 0) is 11.0 Å². The molecule has 10 nitrogen and oxygen atoms in total. The van der Waals surface area contributed by atoms with E-state index in [1.807, 2.05) is 48.5 Å². The van der Waals surface area contributed by atoms with Gasteiger partial charge in [-0.15, -0.1) is 0 Å².